The van der Waals surface area contributed by atoms with Crippen molar-refractivity contribution in [3.8, 4) is 11.5 Å². The summed E-state index contributed by atoms with van der Waals surface area (Å²) in [6, 6.07) is 12.2. The van der Waals surface area contributed by atoms with E-state index in [-0.39, 0.29) is 16.5 Å². The van der Waals surface area contributed by atoms with Gasteiger partial charge in [-0.25, -0.2) is 9.97 Å². The average Bonchev–Trinajstić information content (AvgIpc) is 2.54. The molecular weight excluding hydrogens is 371 g/mol. The number of halogens is 4. The number of hydrogen-bond donors (Lipinski definition) is 0. The number of aryl methyl sites for hydroxylation is 1. The Morgan fingerprint density at radius 1 is 1.04 bits per heavy atom. The molecule has 0 aliphatic rings. The van der Waals surface area contributed by atoms with E-state index < -0.39 is 11.7 Å². The molecule has 0 spiro atoms. The third-order valence-electron chi connectivity index (χ3n) is 3.18. The van der Waals surface area contributed by atoms with Crippen molar-refractivity contribution in [2.75, 3.05) is 0 Å². The number of nitrogens with zero attached hydrogens (tertiary/aromatic N) is 3. The molecule has 3 aromatic rings. The molecule has 8 heteroatoms. The van der Waals surface area contributed by atoms with E-state index in [1.54, 1.807) is 13.0 Å². The minimum atomic E-state index is -4.50. The third kappa shape index (κ3) is 4.29. The van der Waals surface area contributed by atoms with Crippen LogP contribution in [0.4, 0.5) is 13.2 Å². The first-order valence-corrected chi connectivity index (χ1v) is 8.34. The van der Waals surface area contributed by atoms with Crippen LogP contribution < -0.4 is 0 Å². The van der Waals surface area contributed by atoms with Crippen molar-refractivity contribution in [1.29, 1.82) is 0 Å². The van der Waals surface area contributed by atoms with Crippen molar-refractivity contribution >= 4 is 23.4 Å². The molecule has 0 saturated heterocycles. The molecule has 0 bridgehead atoms. The molecule has 0 aliphatic heterocycles. The monoisotopic (exact) mass is 381 g/mol. The van der Waals surface area contributed by atoms with E-state index in [1.165, 1.54) is 11.8 Å². The standard InChI is InChI=1S/C17H11ClF3N3S/c1-10-7-14(25-12-5-3-2-4-6-12)24-16(23-10)15-13(18)8-11(9-22-15)17(19,20)21/h2-9H,1H3. The minimum absolute atomic E-state index is 0.119. The van der Waals surface area contributed by atoms with E-state index in [9.17, 15) is 13.2 Å². The number of pyridine rings is 1. The normalized spacial score (nSPS) is 11.6. The Balaban J connectivity index is 1.98. The Morgan fingerprint density at radius 2 is 1.76 bits per heavy atom. The molecule has 0 N–H and O–H groups in total. The maximum atomic E-state index is 12.7. The lowest BCUT2D eigenvalue weighted by atomic mass is 10.2. The highest BCUT2D eigenvalue weighted by Gasteiger charge is 2.32. The van der Waals surface area contributed by atoms with Gasteiger partial charge in [-0.1, -0.05) is 41.6 Å². The molecule has 0 atom stereocenters. The van der Waals surface area contributed by atoms with E-state index in [0.717, 1.165) is 17.2 Å². The first-order chi connectivity index (χ1) is 11.8. The number of rotatable bonds is 3. The van der Waals surface area contributed by atoms with Gasteiger partial charge >= 0.3 is 6.18 Å². The van der Waals surface area contributed by atoms with Crippen molar-refractivity contribution in [2.24, 2.45) is 0 Å². The predicted molar refractivity (Wildman–Crippen MR) is 90.6 cm³/mol. The van der Waals surface area contributed by atoms with Crippen LogP contribution in [0.1, 0.15) is 11.3 Å². The lowest BCUT2D eigenvalue weighted by Gasteiger charge is -2.10. The van der Waals surface area contributed by atoms with Gasteiger partial charge in [-0.2, -0.15) is 13.2 Å². The fourth-order valence-corrected chi connectivity index (χ4v) is 3.21. The molecule has 25 heavy (non-hydrogen) atoms. The molecule has 128 valence electrons. The van der Waals surface area contributed by atoms with Crippen LogP contribution in [0.25, 0.3) is 11.5 Å². The molecule has 0 fully saturated rings. The second-order valence-electron chi connectivity index (χ2n) is 5.14. The van der Waals surface area contributed by atoms with Crippen LogP contribution in [0, 0.1) is 6.92 Å². The fourth-order valence-electron chi connectivity index (χ4n) is 2.06. The highest BCUT2D eigenvalue weighted by atomic mass is 35.5. The highest BCUT2D eigenvalue weighted by molar-refractivity contribution is 7.99. The van der Waals surface area contributed by atoms with Crippen LogP contribution in [0.2, 0.25) is 5.02 Å². The lowest BCUT2D eigenvalue weighted by molar-refractivity contribution is -0.137. The number of benzene rings is 1. The van der Waals surface area contributed by atoms with Gasteiger partial charge in [0.1, 0.15) is 10.7 Å². The van der Waals surface area contributed by atoms with E-state index in [2.05, 4.69) is 15.0 Å². The zero-order chi connectivity index (χ0) is 18.0. The van der Waals surface area contributed by atoms with Crippen LogP contribution in [0.3, 0.4) is 0 Å². The van der Waals surface area contributed by atoms with Crippen LogP contribution >= 0.6 is 23.4 Å². The van der Waals surface area contributed by atoms with Gasteiger partial charge in [0, 0.05) is 16.8 Å². The summed E-state index contributed by atoms with van der Waals surface area (Å²) in [7, 11) is 0. The number of alkyl halides is 3. The fraction of sp³-hybridized carbons (Fsp3) is 0.118. The number of aromatic nitrogens is 3. The van der Waals surface area contributed by atoms with E-state index in [1.807, 2.05) is 30.3 Å². The summed E-state index contributed by atoms with van der Waals surface area (Å²) >= 11 is 7.41. The zero-order valence-electron chi connectivity index (χ0n) is 12.9. The Morgan fingerprint density at radius 3 is 2.40 bits per heavy atom. The van der Waals surface area contributed by atoms with Gasteiger partial charge in [-0.05, 0) is 31.2 Å². The maximum Gasteiger partial charge on any atom is 0.417 e. The molecule has 1 aromatic carbocycles. The summed E-state index contributed by atoms with van der Waals surface area (Å²) in [5, 5.41) is 0.516. The highest BCUT2D eigenvalue weighted by Crippen LogP contribution is 2.34. The number of hydrogen-bond acceptors (Lipinski definition) is 4. The Labute approximate surface area is 151 Å². The topological polar surface area (TPSA) is 38.7 Å². The zero-order valence-corrected chi connectivity index (χ0v) is 14.5. The molecule has 0 radical (unpaired) electrons. The third-order valence-corrected chi connectivity index (χ3v) is 4.39. The smallest absolute Gasteiger partial charge is 0.251 e. The van der Waals surface area contributed by atoms with Gasteiger partial charge in [-0.15, -0.1) is 0 Å². The summed E-state index contributed by atoms with van der Waals surface area (Å²) in [4.78, 5) is 13.4. The van der Waals surface area contributed by atoms with Gasteiger partial charge in [-0.3, -0.25) is 4.98 Å². The van der Waals surface area contributed by atoms with Crippen molar-refractivity contribution in [3.63, 3.8) is 0 Å². The summed E-state index contributed by atoms with van der Waals surface area (Å²) in [5.74, 6) is 0.192. The van der Waals surface area contributed by atoms with E-state index >= 15 is 0 Å². The van der Waals surface area contributed by atoms with Gasteiger partial charge in [0.2, 0.25) is 0 Å². The van der Waals surface area contributed by atoms with Gasteiger partial charge in [0.05, 0.1) is 10.6 Å². The molecule has 0 aliphatic carbocycles. The first-order valence-electron chi connectivity index (χ1n) is 7.14. The van der Waals surface area contributed by atoms with Crippen LogP contribution in [-0.4, -0.2) is 15.0 Å². The second kappa shape index (κ2) is 7.01. The second-order valence-corrected chi connectivity index (χ2v) is 6.64. The molecular formula is C17H11ClF3N3S. The maximum absolute atomic E-state index is 12.7. The molecule has 0 saturated carbocycles. The van der Waals surface area contributed by atoms with Crippen LogP contribution in [-0.2, 0) is 6.18 Å². The van der Waals surface area contributed by atoms with Crippen molar-refractivity contribution in [1.82, 2.24) is 15.0 Å². The molecule has 3 nitrogen and oxygen atoms in total. The average molecular weight is 382 g/mol. The van der Waals surface area contributed by atoms with Crippen LogP contribution in [0.15, 0.2) is 58.6 Å². The summed E-state index contributed by atoms with van der Waals surface area (Å²) in [6.07, 6.45) is -3.77. The Hall–Kier alpha value is -2.12. The quantitative estimate of drug-likeness (QED) is 0.548. The first kappa shape index (κ1) is 17.7. The summed E-state index contributed by atoms with van der Waals surface area (Å²) < 4.78 is 38.2. The van der Waals surface area contributed by atoms with Crippen molar-refractivity contribution in [3.05, 3.63) is 64.9 Å². The van der Waals surface area contributed by atoms with Crippen LogP contribution in [0.5, 0.6) is 0 Å². The summed E-state index contributed by atoms with van der Waals surface area (Å²) in [5.41, 5.74) is -0.123. The van der Waals surface area contributed by atoms with Gasteiger partial charge in [0.25, 0.3) is 0 Å². The van der Waals surface area contributed by atoms with Crippen molar-refractivity contribution in [2.45, 2.75) is 23.0 Å². The molecule has 2 heterocycles. The predicted octanol–water partition coefficient (Wildman–Crippen LogP) is 5.67. The molecule has 3 rings (SSSR count). The van der Waals surface area contributed by atoms with Crippen molar-refractivity contribution < 1.29 is 13.2 Å². The Bertz CT molecular complexity index is 901. The molecule has 0 amide bonds. The van der Waals surface area contributed by atoms with Gasteiger partial charge < -0.3 is 0 Å². The SMILES string of the molecule is Cc1cc(Sc2ccccc2)nc(-c2ncc(C(F)(F)F)cc2Cl)n1. The molecule has 0 unspecified atom stereocenters. The van der Waals surface area contributed by atoms with E-state index in [0.29, 0.717) is 10.7 Å². The summed E-state index contributed by atoms with van der Waals surface area (Å²) in [6.45, 7) is 1.78. The largest absolute Gasteiger partial charge is 0.417 e. The van der Waals surface area contributed by atoms with E-state index in [4.69, 9.17) is 11.6 Å². The van der Waals surface area contributed by atoms with Gasteiger partial charge in [0.15, 0.2) is 5.82 Å². The molecule has 2 aromatic heterocycles. The lowest BCUT2D eigenvalue weighted by Crippen LogP contribution is -2.06. The minimum Gasteiger partial charge on any atom is -0.251 e. The Kier molecular flexibility index (Phi) is 4.96.